The maximum atomic E-state index is 12.5. The minimum Gasteiger partial charge on any atom is -0.545 e. The van der Waals surface area contributed by atoms with Crippen LogP contribution in [-0.2, 0) is 0 Å². The summed E-state index contributed by atoms with van der Waals surface area (Å²) in [5.74, 6) is -0.988. The number of halogens is 1. The third-order valence-electron chi connectivity index (χ3n) is 5.11. The van der Waals surface area contributed by atoms with Gasteiger partial charge in [0.05, 0.1) is 12.2 Å². The highest BCUT2D eigenvalue weighted by Gasteiger charge is 2.13. The minimum atomic E-state index is -1.38. The van der Waals surface area contributed by atoms with E-state index in [2.05, 4.69) is 10.5 Å². The first-order valence-corrected chi connectivity index (χ1v) is 10.2. The lowest BCUT2D eigenvalue weighted by molar-refractivity contribution is -0.255. The first-order valence-electron chi connectivity index (χ1n) is 9.85. The quantitative estimate of drug-likeness (QED) is 0.306. The number of aromatic carboxylic acids is 1. The lowest BCUT2D eigenvalue weighted by Crippen LogP contribution is -2.22. The number of benzene rings is 3. The Labute approximate surface area is 191 Å². The molecule has 0 aliphatic heterocycles. The highest BCUT2D eigenvalue weighted by Crippen LogP contribution is 2.28. The minimum absolute atomic E-state index is 0.0772. The number of hydrogen-bond donors (Lipinski definition) is 1. The number of rotatable bonds is 5. The normalized spacial score (nSPS) is 11.4. The molecule has 3 aromatic carbocycles. The number of carbonyl (C=O) groups is 2. The third-order valence-corrected chi connectivity index (χ3v) is 5.43. The topological polar surface area (TPSA) is 108 Å². The lowest BCUT2D eigenvalue weighted by Gasteiger charge is -2.06. The van der Waals surface area contributed by atoms with Gasteiger partial charge in [0.15, 0.2) is 5.76 Å². The fraction of sp³-hybridized carbons (Fsp3) is 0. The van der Waals surface area contributed by atoms with E-state index in [1.165, 1.54) is 18.3 Å². The maximum absolute atomic E-state index is 12.5. The molecule has 7 nitrogen and oxygen atoms in total. The SMILES string of the molecule is O=C(N/N=C/c1ccc(-c2ccc(Cl)c(C(=O)[O-])c2)o1)c1cc2c(ccc3ccccc32)o1. The molecule has 0 aliphatic carbocycles. The van der Waals surface area contributed by atoms with Gasteiger partial charge < -0.3 is 18.7 Å². The number of hydrogen-bond acceptors (Lipinski definition) is 6. The Balaban J connectivity index is 1.32. The van der Waals surface area contributed by atoms with Crippen LogP contribution in [0.3, 0.4) is 0 Å². The molecular weight excluding hydrogens is 444 g/mol. The first-order chi connectivity index (χ1) is 16.0. The second-order valence-electron chi connectivity index (χ2n) is 7.19. The van der Waals surface area contributed by atoms with E-state index < -0.39 is 11.9 Å². The molecule has 0 fully saturated rings. The van der Waals surface area contributed by atoms with Crippen molar-refractivity contribution in [2.45, 2.75) is 0 Å². The van der Waals surface area contributed by atoms with Gasteiger partial charge in [0.25, 0.3) is 0 Å². The van der Waals surface area contributed by atoms with Crippen LogP contribution in [0.5, 0.6) is 0 Å². The molecule has 2 aromatic heterocycles. The number of carboxylic acids is 1. The van der Waals surface area contributed by atoms with E-state index in [1.807, 2.05) is 36.4 Å². The van der Waals surface area contributed by atoms with E-state index in [-0.39, 0.29) is 16.3 Å². The van der Waals surface area contributed by atoms with Crippen LogP contribution in [0, 0.1) is 0 Å². The number of hydrazone groups is 1. The zero-order valence-corrected chi connectivity index (χ0v) is 17.6. The van der Waals surface area contributed by atoms with E-state index in [4.69, 9.17) is 20.4 Å². The van der Waals surface area contributed by atoms with Crippen molar-refractivity contribution in [1.29, 1.82) is 0 Å². The maximum Gasteiger partial charge on any atom is 0.307 e. The Morgan fingerprint density at radius 1 is 0.939 bits per heavy atom. The van der Waals surface area contributed by atoms with Crippen LogP contribution < -0.4 is 10.5 Å². The fourth-order valence-corrected chi connectivity index (χ4v) is 3.72. The van der Waals surface area contributed by atoms with Gasteiger partial charge in [0.2, 0.25) is 0 Å². The number of nitrogens with zero attached hydrogens (tertiary/aromatic N) is 1. The standard InChI is InChI=1S/C25H15ClN2O5/c26-20-8-5-15(11-19(20)25(30)31)21-10-7-16(32-21)13-27-28-24(29)23-12-18-17-4-2-1-3-14(17)6-9-22(18)33-23/h1-13H,(H,28,29)(H,30,31)/p-1/b27-13+. The summed E-state index contributed by atoms with van der Waals surface area (Å²) in [5.41, 5.74) is 3.40. The van der Waals surface area contributed by atoms with Gasteiger partial charge in [0.1, 0.15) is 17.1 Å². The molecule has 8 heteroatoms. The smallest absolute Gasteiger partial charge is 0.307 e. The second-order valence-corrected chi connectivity index (χ2v) is 7.60. The number of carboxylic acid groups (broad SMARTS) is 1. The number of furan rings is 2. The summed E-state index contributed by atoms with van der Waals surface area (Å²) in [6, 6.07) is 21.0. The van der Waals surface area contributed by atoms with Gasteiger partial charge >= 0.3 is 5.91 Å². The molecule has 0 radical (unpaired) electrons. The van der Waals surface area contributed by atoms with E-state index in [9.17, 15) is 14.7 Å². The van der Waals surface area contributed by atoms with Gasteiger partial charge in [-0.15, -0.1) is 0 Å². The van der Waals surface area contributed by atoms with E-state index in [1.54, 1.807) is 24.3 Å². The molecule has 0 aliphatic rings. The Morgan fingerprint density at radius 2 is 1.79 bits per heavy atom. The van der Waals surface area contributed by atoms with Gasteiger partial charge in [-0.3, -0.25) is 4.79 Å². The zero-order chi connectivity index (χ0) is 22.9. The summed E-state index contributed by atoms with van der Waals surface area (Å²) in [7, 11) is 0. The molecular formula is C25H14ClN2O5-. The van der Waals surface area contributed by atoms with Crippen LogP contribution in [0.2, 0.25) is 5.02 Å². The summed E-state index contributed by atoms with van der Waals surface area (Å²) in [4.78, 5) is 23.6. The number of amides is 1. The Morgan fingerprint density at radius 3 is 2.64 bits per heavy atom. The van der Waals surface area contributed by atoms with Crippen molar-refractivity contribution in [3.63, 3.8) is 0 Å². The highest BCUT2D eigenvalue weighted by atomic mass is 35.5. The number of fused-ring (bicyclic) bond motifs is 3. The summed E-state index contributed by atoms with van der Waals surface area (Å²) in [5, 5.41) is 18.0. The van der Waals surface area contributed by atoms with Crippen LogP contribution in [0.25, 0.3) is 33.1 Å². The third kappa shape index (κ3) is 3.97. The highest BCUT2D eigenvalue weighted by molar-refractivity contribution is 6.33. The van der Waals surface area contributed by atoms with Gasteiger partial charge in [-0.25, -0.2) is 5.43 Å². The summed E-state index contributed by atoms with van der Waals surface area (Å²) >= 11 is 5.87. The molecule has 5 aromatic rings. The summed E-state index contributed by atoms with van der Waals surface area (Å²) in [6.45, 7) is 0. The molecule has 162 valence electrons. The van der Waals surface area contributed by atoms with E-state index in [0.717, 1.165) is 16.2 Å². The monoisotopic (exact) mass is 457 g/mol. The molecule has 0 bridgehead atoms. The van der Waals surface area contributed by atoms with Crippen LogP contribution in [0.4, 0.5) is 0 Å². The molecule has 1 amide bonds. The Hall–Kier alpha value is -4.36. The van der Waals surface area contributed by atoms with Gasteiger partial charge in [-0.1, -0.05) is 41.9 Å². The molecule has 2 heterocycles. The summed E-state index contributed by atoms with van der Waals surface area (Å²) < 4.78 is 11.3. The number of nitrogens with one attached hydrogen (secondary N) is 1. The fourth-order valence-electron chi connectivity index (χ4n) is 3.53. The van der Waals surface area contributed by atoms with Crippen molar-refractivity contribution in [3.05, 3.63) is 94.9 Å². The van der Waals surface area contributed by atoms with Crippen molar-refractivity contribution < 1.29 is 23.5 Å². The Bertz CT molecular complexity index is 1560. The molecule has 0 saturated heterocycles. The van der Waals surface area contributed by atoms with Crippen LogP contribution in [-0.4, -0.2) is 18.1 Å². The van der Waals surface area contributed by atoms with Crippen molar-refractivity contribution >= 4 is 51.4 Å². The van der Waals surface area contributed by atoms with Crippen LogP contribution >= 0.6 is 11.6 Å². The molecule has 0 atom stereocenters. The molecule has 33 heavy (non-hydrogen) atoms. The Kier molecular flexibility index (Phi) is 5.16. The molecule has 0 spiro atoms. The van der Waals surface area contributed by atoms with Crippen molar-refractivity contribution in [1.82, 2.24) is 5.43 Å². The average Bonchev–Trinajstić information content (AvgIpc) is 3.46. The van der Waals surface area contributed by atoms with Crippen LogP contribution in [0.1, 0.15) is 26.7 Å². The molecule has 0 unspecified atom stereocenters. The second kappa shape index (κ2) is 8.29. The van der Waals surface area contributed by atoms with Crippen molar-refractivity contribution in [3.8, 4) is 11.3 Å². The number of carbonyl (C=O) groups excluding carboxylic acids is 2. The zero-order valence-electron chi connectivity index (χ0n) is 16.9. The van der Waals surface area contributed by atoms with Crippen molar-refractivity contribution in [2.24, 2.45) is 5.10 Å². The summed E-state index contributed by atoms with van der Waals surface area (Å²) in [6.07, 6.45) is 1.33. The lowest BCUT2D eigenvalue weighted by atomic mass is 10.1. The average molecular weight is 458 g/mol. The first kappa shape index (κ1) is 20.5. The van der Waals surface area contributed by atoms with Crippen LogP contribution in [0.15, 0.2) is 86.7 Å². The molecule has 1 N–H and O–H groups in total. The van der Waals surface area contributed by atoms with Crippen molar-refractivity contribution in [2.75, 3.05) is 0 Å². The predicted octanol–water partition coefficient (Wildman–Crippen LogP) is 4.63. The van der Waals surface area contributed by atoms with E-state index in [0.29, 0.717) is 22.7 Å². The van der Waals surface area contributed by atoms with E-state index >= 15 is 0 Å². The van der Waals surface area contributed by atoms with Gasteiger partial charge in [0, 0.05) is 21.5 Å². The molecule has 0 saturated carbocycles. The largest absolute Gasteiger partial charge is 0.545 e. The van der Waals surface area contributed by atoms with Gasteiger partial charge in [-0.05, 0) is 53.2 Å². The predicted molar refractivity (Wildman–Crippen MR) is 122 cm³/mol. The molecule has 5 rings (SSSR count). The van der Waals surface area contributed by atoms with Gasteiger partial charge in [-0.2, -0.15) is 5.10 Å².